The standard InChI is InChI=1S/C18H21N3O5/c1-23-14-5-4-12(10-15(14)24-2)18(22)21-9-8-13(11-21)26-17-7-6-16(25-3)19-20-17/h4-7,10,13H,8-9,11H2,1-3H3. The third kappa shape index (κ3) is 3.79. The molecular formula is C18H21N3O5. The van der Waals surface area contributed by atoms with Crippen LogP contribution in [0.2, 0.25) is 0 Å². The minimum absolute atomic E-state index is 0.0714. The van der Waals surface area contributed by atoms with Gasteiger partial charge in [-0.1, -0.05) is 0 Å². The minimum atomic E-state index is -0.123. The van der Waals surface area contributed by atoms with Gasteiger partial charge in [-0.15, -0.1) is 10.2 Å². The van der Waals surface area contributed by atoms with Crippen LogP contribution in [-0.2, 0) is 0 Å². The molecule has 0 bridgehead atoms. The number of carbonyl (C=O) groups excluding carboxylic acids is 1. The Labute approximate surface area is 151 Å². The van der Waals surface area contributed by atoms with Crippen LogP contribution < -0.4 is 18.9 Å². The average Bonchev–Trinajstić information content (AvgIpc) is 3.15. The van der Waals surface area contributed by atoms with Gasteiger partial charge in [0.25, 0.3) is 5.91 Å². The zero-order valence-corrected chi connectivity index (χ0v) is 15.0. The molecule has 3 rings (SSSR count). The van der Waals surface area contributed by atoms with Gasteiger partial charge in [0.1, 0.15) is 6.10 Å². The number of methoxy groups -OCH3 is 3. The van der Waals surface area contributed by atoms with Crippen LogP contribution in [-0.4, -0.2) is 61.5 Å². The molecule has 1 atom stereocenters. The Morgan fingerprint density at radius 1 is 1.00 bits per heavy atom. The number of likely N-dealkylation sites (tertiary alicyclic amines) is 1. The van der Waals surface area contributed by atoms with Gasteiger partial charge in [0.15, 0.2) is 11.5 Å². The highest BCUT2D eigenvalue weighted by Crippen LogP contribution is 2.28. The van der Waals surface area contributed by atoms with Crippen LogP contribution in [0.25, 0.3) is 0 Å². The highest BCUT2D eigenvalue weighted by Gasteiger charge is 2.29. The first-order valence-corrected chi connectivity index (χ1v) is 8.20. The summed E-state index contributed by atoms with van der Waals surface area (Å²) in [5.41, 5.74) is 0.549. The summed E-state index contributed by atoms with van der Waals surface area (Å²) in [7, 11) is 4.63. The Kier molecular flexibility index (Phi) is 5.40. The molecular weight excluding hydrogens is 338 g/mol. The quantitative estimate of drug-likeness (QED) is 0.777. The Morgan fingerprint density at radius 2 is 1.73 bits per heavy atom. The number of aromatic nitrogens is 2. The molecule has 0 spiro atoms. The lowest BCUT2D eigenvalue weighted by Crippen LogP contribution is -2.31. The molecule has 26 heavy (non-hydrogen) atoms. The lowest BCUT2D eigenvalue weighted by molar-refractivity contribution is 0.0770. The maximum absolute atomic E-state index is 12.7. The number of nitrogens with zero attached hydrogens (tertiary/aromatic N) is 3. The number of amides is 1. The monoisotopic (exact) mass is 359 g/mol. The van der Waals surface area contributed by atoms with Crippen molar-refractivity contribution in [3.8, 4) is 23.3 Å². The third-order valence-electron chi connectivity index (χ3n) is 4.17. The first-order valence-electron chi connectivity index (χ1n) is 8.20. The fourth-order valence-electron chi connectivity index (χ4n) is 2.81. The molecule has 0 saturated carbocycles. The molecule has 1 unspecified atom stereocenters. The van der Waals surface area contributed by atoms with Crippen molar-refractivity contribution in [2.45, 2.75) is 12.5 Å². The molecule has 1 aliphatic rings. The van der Waals surface area contributed by atoms with Crippen molar-refractivity contribution in [3.63, 3.8) is 0 Å². The number of rotatable bonds is 6. The fourth-order valence-corrected chi connectivity index (χ4v) is 2.81. The van der Waals surface area contributed by atoms with Gasteiger partial charge < -0.3 is 23.8 Å². The molecule has 1 aromatic heterocycles. The largest absolute Gasteiger partial charge is 0.493 e. The van der Waals surface area contributed by atoms with E-state index in [9.17, 15) is 4.79 Å². The van der Waals surface area contributed by atoms with Crippen molar-refractivity contribution < 1.29 is 23.7 Å². The molecule has 0 N–H and O–H groups in total. The average molecular weight is 359 g/mol. The van der Waals surface area contributed by atoms with Crippen LogP contribution in [0.4, 0.5) is 0 Å². The number of hydrogen-bond acceptors (Lipinski definition) is 7. The molecule has 0 aliphatic carbocycles. The van der Waals surface area contributed by atoms with E-state index in [4.69, 9.17) is 18.9 Å². The van der Waals surface area contributed by atoms with Gasteiger partial charge in [0, 0.05) is 30.7 Å². The predicted octanol–water partition coefficient (Wildman–Crippen LogP) is 1.80. The molecule has 8 nitrogen and oxygen atoms in total. The number of ether oxygens (including phenoxy) is 4. The Morgan fingerprint density at radius 3 is 2.38 bits per heavy atom. The van der Waals surface area contributed by atoms with Crippen LogP contribution >= 0.6 is 0 Å². The SMILES string of the molecule is COc1ccc(OC2CCN(C(=O)c3ccc(OC)c(OC)c3)C2)nn1. The molecule has 1 aromatic carbocycles. The number of hydrogen-bond donors (Lipinski definition) is 0. The molecule has 1 saturated heterocycles. The van der Waals surface area contributed by atoms with E-state index in [1.54, 1.807) is 49.5 Å². The second kappa shape index (κ2) is 7.90. The van der Waals surface area contributed by atoms with Gasteiger partial charge in [0.2, 0.25) is 11.8 Å². The number of benzene rings is 1. The Hall–Kier alpha value is -3.03. The van der Waals surface area contributed by atoms with E-state index in [0.717, 1.165) is 6.42 Å². The highest BCUT2D eigenvalue weighted by atomic mass is 16.5. The van der Waals surface area contributed by atoms with Crippen molar-refractivity contribution in [3.05, 3.63) is 35.9 Å². The number of carbonyl (C=O) groups is 1. The molecule has 8 heteroatoms. The summed E-state index contributed by atoms with van der Waals surface area (Å²) >= 11 is 0. The fraction of sp³-hybridized carbons (Fsp3) is 0.389. The summed E-state index contributed by atoms with van der Waals surface area (Å²) in [6.45, 7) is 1.10. The van der Waals surface area contributed by atoms with Gasteiger partial charge in [-0.3, -0.25) is 4.79 Å². The van der Waals surface area contributed by atoms with Crippen molar-refractivity contribution >= 4 is 5.91 Å². The Bertz CT molecular complexity index is 766. The van der Waals surface area contributed by atoms with E-state index < -0.39 is 0 Å². The normalized spacial score (nSPS) is 16.3. The summed E-state index contributed by atoms with van der Waals surface area (Å²) in [5, 5.41) is 7.82. The summed E-state index contributed by atoms with van der Waals surface area (Å²) < 4.78 is 21.2. The second-order valence-electron chi connectivity index (χ2n) is 5.76. The topological polar surface area (TPSA) is 83.0 Å². The van der Waals surface area contributed by atoms with Crippen molar-refractivity contribution in [2.24, 2.45) is 0 Å². The van der Waals surface area contributed by atoms with Gasteiger partial charge in [-0.25, -0.2) is 0 Å². The van der Waals surface area contributed by atoms with Crippen molar-refractivity contribution in [1.29, 1.82) is 0 Å². The first-order chi connectivity index (χ1) is 12.6. The van der Waals surface area contributed by atoms with E-state index in [2.05, 4.69) is 10.2 Å². The summed E-state index contributed by atoms with van der Waals surface area (Å²) in [5.74, 6) is 1.88. The Balaban J connectivity index is 1.63. The van der Waals surface area contributed by atoms with E-state index in [-0.39, 0.29) is 12.0 Å². The van der Waals surface area contributed by atoms with Gasteiger partial charge in [-0.05, 0) is 18.2 Å². The van der Waals surface area contributed by atoms with Crippen molar-refractivity contribution in [2.75, 3.05) is 34.4 Å². The minimum Gasteiger partial charge on any atom is -0.493 e. The highest BCUT2D eigenvalue weighted by molar-refractivity contribution is 5.95. The van der Waals surface area contributed by atoms with E-state index in [1.807, 2.05) is 0 Å². The van der Waals surface area contributed by atoms with E-state index >= 15 is 0 Å². The summed E-state index contributed by atoms with van der Waals surface area (Å²) in [6.07, 6.45) is 0.606. The predicted molar refractivity (Wildman–Crippen MR) is 93.1 cm³/mol. The maximum atomic E-state index is 12.7. The van der Waals surface area contributed by atoms with Gasteiger partial charge in [-0.2, -0.15) is 0 Å². The lowest BCUT2D eigenvalue weighted by atomic mass is 10.1. The molecule has 1 fully saturated rings. The van der Waals surface area contributed by atoms with Crippen molar-refractivity contribution in [1.82, 2.24) is 15.1 Å². The molecule has 2 heterocycles. The van der Waals surface area contributed by atoms with Crippen LogP contribution in [0.3, 0.4) is 0 Å². The van der Waals surface area contributed by atoms with E-state index in [0.29, 0.717) is 41.9 Å². The zero-order valence-electron chi connectivity index (χ0n) is 15.0. The van der Waals surface area contributed by atoms with Crippen LogP contribution in [0.5, 0.6) is 23.3 Å². The van der Waals surface area contributed by atoms with Crippen LogP contribution in [0.15, 0.2) is 30.3 Å². The molecule has 138 valence electrons. The summed E-state index contributed by atoms with van der Waals surface area (Å²) in [4.78, 5) is 14.5. The third-order valence-corrected chi connectivity index (χ3v) is 4.17. The second-order valence-corrected chi connectivity index (χ2v) is 5.76. The maximum Gasteiger partial charge on any atom is 0.254 e. The molecule has 1 aliphatic heterocycles. The first kappa shape index (κ1) is 17.8. The molecule has 0 radical (unpaired) electrons. The smallest absolute Gasteiger partial charge is 0.254 e. The summed E-state index contributed by atoms with van der Waals surface area (Å²) in [6, 6.07) is 8.52. The van der Waals surface area contributed by atoms with Gasteiger partial charge in [0.05, 0.1) is 27.9 Å². The van der Waals surface area contributed by atoms with Crippen LogP contribution in [0, 0.1) is 0 Å². The zero-order chi connectivity index (χ0) is 18.5. The van der Waals surface area contributed by atoms with Crippen LogP contribution in [0.1, 0.15) is 16.8 Å². The van der Waals surface area contributed by atoms with Gasteiger partial charge >= 0.3 is 0 Å². The molecule has 2 aromatic rings. The lowest BCUT2D eigenvalue weighted by Gasteiger charge is -2.18. The van der Waals surface area contributed by atoms with E-state index in [1.165, 1.54) is 7.11 Å². The molecule has 1 amide bonds.